The number of aromatic nitrogens is 2. The van der Waals surface area contributed by atoms with Crippen LogP contribution in [0.3, 0.4) is 0 Å². The summed E-state index contributed by atoms with van der Waals surface area (Å²) in [5.41, 5.74) is 2.02. The molecule has 0 bridgehead atoms. The van der Waals surface area contributed by atoms with E-state index in [1.165, 1.54) is 0 Å². The number of hydrogen-bond donors (Lipinski definition) is 1. The smallest absolute Gasteiger partial charge is 0.240 e. The molecular weight excluding hydrogens is 400 g/mol. The Morgan fingerprint density at radius 3 is 2.53 bits per heavy atom. The lowest BCUT2D eigenvalue weighted by Gasteiger charge is -2.13. The van der Waals surface area contributed by atoms with Crippen LogP contribution in [0, 0.1) is 0 Å². The number of fused-ring (bicyclic) bond motifs is 1. The van der Waals surface area contributed by atoms with Gasteiger partial charge in [0.05, 0.1) is 22.5 Å². The molecule has 0 unspecified atom stereocenters. The Morgan fingerprint density at radius 1 is 1.10 bits per heavy atom. The van der Waals surface area contributed by atoms with Gasteiger partial charge in [0.15, 0.2) is 0 Å². The Morgan fingerprint density at radius 2 is 1.83 bits per heavy atom. The first-order valence-electron chi connectivity index (χ1n) is 10.2. The molecule has 7 nitrogen and oxygen atoms in total. The van der Waals surface area contributed by atoms with Crippen LogP contribution in [0.4, 0.5) is 0 Å². The van der Waals surface area contributed by atoms with E-state index in [4.69, 9.17) is 9.72 Å². The summed E-state index contributed by atoms with van der Waals surface area (Å²) in [5.74, 6) is 1.55. The van der Waals surface area contributed by atoms with Crippen molar-refractivity contribution in [3.05, 3.63) is 54.4 Å². The summed E-state index contributed by atoms with van der Waals surface area (Å²) < 4.78 is 35.5. The molecule has 8 heteroatoms. The van der Waals surface area contributed by atoms with Gasteiger partial charge in [-0.25, -0.2) is 18.1 Å². The standard InChI is InChI=1S/C22H30N4O3S/c1-4-29-18-10-12-19(13-11-18)30(27,28)23-15-14-22-24-20-8-5-6-9-21(20)26(22)17-7-16-25(2)3/h5-6,8-13,23H,4,7,14-17H2,1-3H3. The Labute approximate surface area is 178 Å². The maximum Gasteiger partial charge on any atom is 0.240 e. The summed E-state index contributed by atoms with van der Waals surface area (Å²) in [7, 11) is 0.534. The fraction of sp³-hybridized carbons (Fsp3) is 0.409. The molecule has 1 heterocycles. The molecule has 1 aromatic heterocycles. The number of aryl methyl sites for hydroxylation is 1. The van der Waals surface area contributed by atoms with E-state index < -0.39 is 10.0 Å². The predicted molar refractivity (Wildman–Crippen MR) is 119 cm³/mol. The molecule has 3 rings (SSSR count). The third-order valence-corrected chi connectivity index (χ3v) is 6.28. The summed E-state index contributed by atoms with van der Waals surface area (Å²) in [4.78, 5) is 7.12. The highest BCUT2D eigenvalue weighted by atomic mass is 32.2. The lowest BCUT2D eigenvalue weighted by molar-refractivity contribution is 0.340. The Bertz CT molecular complexity index is 1060. The SMILES string of the molecule is CCOc1ccc(S(=O)(=O)NCCc2nc3ccccc3n2CCCN(C)C)cc1. The van der Waals surface area contributed by atoms with Gasteiger partial charge in [-0.2, -0.15) is 0 Å². The number of ether oxygens (including phenoxy) is 1. The summed E-state index contributed by atoms with van der Waals surface area (Å²) in [6.45, 7) is 4.54. The number of nitrogens with one attached hydrogen (secondary N) is 1. The second-order valence-electron chi connectivity index (χ2n) is 7.38. The van der Waals surface area contributed by atoms with E-state index in [1.807, 2.05) is 25.1 Å². The molecule has 1 N–H and O–H groups in total. The number of hydrogen-bond acceptors (Lipinski definition) is 5. The summed E-state index contributed by atoms with van der Waals surface area (Å²) in [5, 5.41) is 0. The second-order valence-corrected chi connectivity index (χ2v) is 9.14. The molecule has 0 aliphatic heterocycles. The minimum Gasteiger partial charge on any atom is -0.494 e. The van der Waals surface area contributed by atoms with E-state index in [1.54, 1.807) is 24.3 Å². The number of para-hydroxylation sites is 2. The van der Waals surface area contributed by atoms with Crippen LogP contribution in [-0.4, -0.2) is 56.7 Å². The van der Waals surface area contributed by atoms with Gasteiger partial charge in [-0.1, -0.05) is 12.1 Å². The summed E-state index contributed by atoms with van der Waals surface area (Å²) in [6.07, 6.45) is 1.52. The first-order chi connectivity index (χ1) is 14.4. The first-order valence-corrected chi connectivity index (χ1v) is 11.7. The third kappa shape index (κ3) is 5.59. The number of nitrogens with zero attached hydrogens (tertiary/aromatic N) is 3. The average molecular weight is 431 g/mol. The summed E-state index contributed by atoms with van der Waals surface area (Å²) >= 11 is 0. The lowest BCUT2D eigenvalue weighted by Crippen LogP contribution is -2.27. The Hall–Kier alpha value is -2.42. The van der Waals surface area contributed by atoms with E-state index in [2.05, 4.69) is 34.4 Å². The van der Waals surface area contributed by atoms with Crippen LogP contribution < -0.4 is 9.46 Å². The van der Waals surface area contributed by atoms with Crippen molar-refractivity contribution in [1.29, 1.82) is 0 Å². The zero-order valence-electron chi connectivity index (χ0n) is 17.8. The van der Waals surface area contributed by atoms with Crippen LogP contribution in [0.15, 0.2) is 53.4 Å². The fourth-order valence-electron chi connectivity index (χ4n) is 3.37. The number of benzene rings is 2. The van der Waals surface area contributed by atoms with E-state index in [-0.39, 0.29) is 11.4 Å². The number of imidazole rings is 1. The van der Waals surface area contributed by atoms with Gasteiger partial charge in [0, 0.05) is 19.5 Å². The average Bonchev–Trinajstić information content (AvgIpc) is 3.06. The normalized spacial score (nSPS) is 12.0. The molecular formula is C22H30N4O3S. The maximum absolute atomic E-state index is 12.6. The zero-order chi connectivity index (χ0) is 21.6. The summed E-state index contributed by atoms with van der Waals surface area (Å²) in [6, 6.07) is 14.5. The van der Waals surface area contributed by atoms with Gasteiger partial charge in [-0.15, -0.1) is 0 Å². The minimum absolute atomic E-state index is 0.227. The number of rotatable bonds is 11. The van der Waals surface area contributed by atoms with E-state index >= 15 is 0 Å². The first kappa shape index (κ1) is 22.3. The largest absolute Gasteiger partial charge is 0.494 e. The van der Waals surface area contributed by atoms with Crippen molar-refractivity contribution < 1.29 is 13.2 Å². The van der Waals surface area contributed by atoms with E-state index in [9.17, 15) is 8.42 Å². The van der Waals surface area contributed by atoms with Gasteiger partial charge in [-0.05, 0) is 70.4 Å². The van der Waals surface area contributed by atoms with Crippen LogP contribution in [-0.2, 0) is 23.0 Å². The van der Waals surface area contributed by atoms with Gasteiger partial charge >= 0.3 is 0 Å². The van der Waals surface area contributed by atoms with E-state index in [0.29, 0.717) is 18.8 Å². The molecule has 0 saturated carbocycles. The molecule has 0 saturated heterocycles. The molecule has 0 aliphatic carbocycles. The van der Waals surface area contributed by atoms with Gasteiger partial charge in [0.1, 0.15) is 11.6 Å². The molecule has 30 heavy (non-hydrogen) atoms. The fourth-order valence-corrected chi connectivity index (χ4v) is 4.40. The van der Waals surface area contributed by atoms with E-state index in [0.717, 1.165) is 36.4 Å². The molecule has 0 radical (unpaired) electrons. The van der Waals surface area contributed by atoms with Gasteiger partial charge < -0.3 is 14.2 Å². The molecule has 0 aliphatic rings. The van der Waals surface area contributed by atoms with Crippen LogP contribution in [0.1, 0.15) is 19.2 Å². The van der Waals surface area contributed by atoms with Crippen LogP contribution in [0.5, 0.6) is 5.75 Å². The van der Waals surface area contributed by atoms with Crippen molar-refractivity contribution in [3.63, 3.8) is 0 Å². The Balaban J connectivity index is 1.68. The topological polar surface area (TPSA) is 76.5 Å². The third-order valence-electron chi connectivity index (χ3n) is 4.81. The van der Waals surface area contributed by atoms with Crippen molar-refractivity contribution in [2.75, 3.05) is 33.8 Å². The quantitative estimate of drug-likeness (QED) is 0.506. The Kier molecular flexibility index (Phi) is 7.47. The molecule has 162 valence electrons. The van der Waals surface area contributed by atoms with Crippen LogP contribution >= 0.6 is 0 Å². The van der Waals surface area contributed by atoms with Crippen molar-refractivity contribution in [1.82, 2.24) is 19.2 Å². The van der Waals surface area contributed by atoms with Crippen LogP contribution in [0.25, 0.3) is 11.0 Å². The minimum atomic E-state index is -3.58. The lowest BCUT2D eigenvalue weighted by atomic mass is 10.3. The molecule has 2 aromatic carbocycles. The van der Waals surface area contributed by atoms with Crippen molar-refractivity contribution in [2.45, 2.75) is 31.2 Å². The van der Waals surface area contributed by atoms with Gasteiger partial charge in [0.25, 0.3) is 0 Å². The predicted octanol–water partition coefficient (Wildman–Crippen LogP) is 2.91. The van der Waals surface area contributed by atoms with Crippen molar-refractivity contribution >= 4 is 21.1 Å². The monoisotopic (exact) mass is 430 g/mol. The molecule has 0 atom stereocenters. The zero-order valence-corrected chi connectivity index (χ0v) is 18.7. The van der Waals surface area contributed by atoms with Crippen molar-refractivity contribution in [2.24, 2.45) is 0 Å². The molecule has 0 fully saturated rings. The number of sulfonamides is 1. The van der Waals surface area contributed by atoms with Crippen LogP contribution in [0.2, 0.25) is 0 Å². The molecule has 3 aromatic rings. The molecule has 0 spiro atoms. The highest BCUT2D eigenvalue weighted by Crippen LogP contribution is 2.18. The van der Waals surface area contributed by atoms with Gasteiger partial charge in [-0.3, -0.25) is 0 Å². The highest BCUT2D eigenvalue weighted by Gasteiger charge is 2.15. The van der Waals surface area contributed by atoms with Gasteiger partial charge in [0.2, 0.25) is 10.0 Å². The highest BCUT2D eigenvalue weighted by molar-refractivity contribution is 7.89. The van der Waals surface area contributed by atoms with Crippen molar-refractivity contribution in [3.8, 4) is 5.75 Å². The second kappa shape index (κ2) is 10.1. The molecule has 0 amide bonds. The maximum atomic E-state index is 12.6.